The number of rotatable bonds is 6. The molecule has 1 saturated carbocycles. The SMILES string of the molecule is O=C(CCc1nc2ccccc2c(=O)n1C1CC1)NCc1cn2cc(Br)ccc2n1. The number of aromatic nitrogens is 4. The molecule has 1 aliphatic carbocycles. The number of nitrogens with zero attached hydrogens (tertiary/aromatic N) is 4. The summed E-state index contributed by atoms with van der Waals surface area (Å²) in [7, 11) is 0. The second-order valence-electron chi connectivity index (χ2n) is 7.57. The number of carbonyl (C=O) groups is 1. The van der Waals surface area contributed by atoms with Gasteiger partial charge in [-0.2, -0.15) is 0 Å². The lowest BCUT2D eigenvalue weighted by molar-refractivity contribution is -0.121. The van der Waals surface area contributed by atoms with Crippen molar-refractivity contribution in [3.05, 3.63) is 75.1 Å². The Balaban J connectivity index is 1.28. The van der Waals surface area contributed by atoms with E-state index in [4.69, 9.17) is 0 Å². The van der Waals surface area contributed by atoms with Gasteiger partial charge in [0.25, 0.3) is 5.56 Å². The topological polar surface area (TPSA) is 81.3 Å². The van der Waals surface area contributed by atoms with E-state index in [-0.39, 0.29) is 23.9 Å². The predicted molar refractivity (Wildman–Crippen MR) is 117 cm³/mol. The van der Waals surface area contributed by atoms with E-state index in [2.05, 4.69) is 31.2 Å². The van der Waals surface area contributed by atoms with Crippen LogP contribution in [0, 0.1) is 0 Å². The third kappa shape index (κ3) is 3.75. The number of halogens is 1. The maximum absolute atomic E-state index is 12.9. The van der Waals surface area contributed by atoms with Gasteiger partial charge >= 0.3 is 0 Å². The van der Waals surface area contributed by atoms with Crippen LogP contribution in [0.25, 0.3) is 16.6 Å². The van der Waals surface area contributed by atoms with Crippen molar-refractivity contribution in [3.8, 4) is 0 Å². The quantitative estimate of drug-likeness (QED) is 0.473. The molecule has 3 heterocycles. The molecule has 7 nitrogen and oxygen atoms in total. The van der Waals surface area contributed by atoms with E-state index in [1.165, 1.54) is 0 Å². The number of hydrogen-bond acceptors (Lipinski definition) is 4. The first kappa shape index (κ1) is 19.0. The minimum Gasteiger partial charge on any atom is -0.350 e. The lowest BCUT2D eigenvalue weighted by atomic mass is 10.2. The van der Waals surface area contributed by atoms with Gasteiger partial charge in [-0.3, -0.25) is 14.2 Å². The third-order valence-electron chi connectivity index (χ3n) is 5.30. The molecule has 4 aromatic rings. The summed E-state index contributed by atoms with van der Waals surface area (Å²) in [6, 6.07) is 11.4. The van der Waals surface area contributed by atoms with Gasteiger partial charge < -0.3 is 9.72 Å². The summed E-state index contributed by atoms with van der Waals surface area (Å²) >= 11 is 3.44. The first-order valence-electron chi connectivity index (χ1n) is 9.98. The molecular weight excluding hydrogens is 446 g/mol. The lowest BCUT2D eigenvalue weighted by Crippen LogP contribution is -2.27. The molecule has 0 unspecified atom stereocenters. The molecule has 1 aromatic carbocycles. The maximum Gasteiger partial charge on any atom is 0.261 e. The molecule has 0 aliphatic heterocycles. The van der Waals surface area contributed by atoms with Gasteiger partial charge in [-0.05, 0) is 53.0 Å². The number of amides is 1. The Hall–Kier alpha value is -3.00. The van der Waals surface area contributed by atoms with Crippen LogP contribution in [0.1, 0.15) is 36.8 Å². The predicted octanol–water partition coefficient (Wildman–Crippen LogP) is 3.39. The number of aryl methyl sites for hydroxylation is 1. The van der Waals surface area contributed by atoms with E-state index in [0.717, 1.165) is 28.7 Å². The van der Waals surface area contributed by atoms with E-state index < -0.39 is 0 Å². The Bertz CT molecular complexity index is 1320. The molecule has 5 rings (SSSR count). The normalized spacial score (nSPS) is 13.8. The van der Waals surface area contributed by atoms with Crippen LogP contribution in [0.4, 0.5) is 0 Å². The minimum absolute atomic E-state index is 0.00521. The summed E-state index contributed by atoms with van der Waals surface area (Å²) in [5.41, 5.74) is 2.30. The number of fused-ring (bicyclic) bond motifs is 2. The number of imidazole rings is 1. The average Bonchev–Trinajstić information content (AvgIpc) is 3.49. The second-order valence-corrected chi connectivity index (χ2v) is 8.49. The number of nitrogens with one attached hydrogen (secondary N) is 1. The molecule has 1 N–H and O–H groups in total. The zero-order chi connectivity index (χ0) is 20.7. The van der Waals surface area contributed by atoms with Crippen molar-refractivity contribution in [1.82, 2.24) is 24.3 Å². The Labute approximate surface area is 180 Å². The Morgan fingerprint density at radius 3 is 2.80 bits per heavy atom. The van der Waals surface area contributed by atoms with Gasteiger partial charge in [-0.1, -0.05) is 12.1 Å². The van der Waals surface area contributed by atoms with Crippen LogP contribution >= 0.6 is 15.9 Å². The summed E-state index contributed by atoms with van der Waals surface area (Å²) in [6.07, 6.45) is 6.51. The molecule has 3 aromatic heterocycles. The van der Waals surface area contributed by atoms with Gasteiger partial charge in [0.2, 0.25) is 5.91 Å². The van der Waals surface area contributed by atoms with E-state index in [0.29, 0.717) is 29.7 Å². The summed E-state index contributed by atoms with van der Waals surface area (Å²) < 4.78 is 4.67. The highest BCUT2D eigenvalue weighted by Gasteiger charge is 2.28. The highest BCUT2D eigenvalue weighted by molar-refractivity contribution is 9.10. The standard InChI is InChI=1S/C22H20BrN5O2/c23-14-5-8-19-25-15(13-27(19)12-14)11-24-21(29)10-9-20-26-18-4-2-1-3-17(18)22(30)28(20)16-6-7-16/h1-5,8,12-13,16H,6-7,9-11H2,(H,24,29). The highest BCUT2D eigenvalue weighted by atomic mass is 79.9. The summed E-state index contributed by atoms with van der Waals surface area (Å²) in [4.78, 5) is 34.5. The Kier molecular flexibility index (Phi) is 4.86. The fourth-order valence-corrected chi connectivity index (χ4v) is 4.04. The molecule has 0 atom stereocenters. The van der Waals surface area contributed by atoms with E-state index >= 15 is 0 Å². The van der Waals surface area contributed by atoms with Gasteiger partial charge in [0, 0.05) is 35.7 Å². The summed E-state index contributed by atoms with van der Waals surface area (Å²) in [6.45, 7) is 0.360. The fourth-order valence-electron chi connectivity index (χ4n) is 3.68. The molecule has 8 heteroatoms. The maximum atomic E-state index is 12.9. The van der Waals surface area contributed by atoms with Gasteiger partial charge in [-0.15, -0.1) is 0 Å². The zero-order valence-electron chi connectivity index (χ0n) is 16.2. The first-order chi connectivity index (χ1) is 14.6. The van der Waals surface area contributed by atoms with Crippen molar-refractivity contribution in [3.63, 3.8) is 0 Å². The van der Waals surface area contributed by atoms with Gasteiger partial charge in [-0.25, -0.2) is 9.97 Å². The van der Waals surface area contributed by atoms with Crippen LogP contribution in [0.5, 0.6) is 0 Å². The molecule has 0 bridgehead atoms. The highest BCUT2D eigenvalue weighted by Crippen LogP contribution is 2.34. The minimum atomic E-state index is -0.0852. The summed E-state index contributed by atoms with van der Waals surface area (Å²) in [5.74, 6) is 0.604. The van der Waals surface area contributed by atoms with Crippen LogP contribution in [0.2, 0.25) is 0 Å². The number of pyridine rings is 1. The van der Waals surface area contributed by atoms with Crippen molar-refractivity contribution in [2.45, 2.75) is 38.3 Å². The molecule has 1 aliphatic rings. The van der Waals surface area contributed by atoms with Crippen LogP contribution in [-0.4, -0.2) is 24.8 Å². The average molecular weight is 466 g/mol. The lowest BCUT2D eigenvalue weighted by Gasteiger charge is -2.12. The van der Waals surface area contributed by atoms with E-state index in [1.807, 2.05) is 53.2 Å². The van der Waals surface area contributed by atoms with E-state index in [9.17, 15) is 9.59 Å². The molecule has 0 radical (unpaired) electrons. The fraction of sp³-hybridized carbons (Fsp3) is 0.273. The smallest absolute Gasteiger partial charge is 0.261 e. The molecular formula is C22H20BrN5O2. The van der Waals surface area contributed by atoms with Gasteiger partial charge in [0.05, 0.1) is 23.1 Å². The molecule has 1 amide bonds. The summed E-state index contributed by atoms with van der Waals surface area (Å²) in [5, 5.41) is 3.55. The van der Waals surface area contributed by atoms with Crippen LogP contribution in [0.15, 0.2) is 58.1 Å². The number of para-hydroxylation sites is 1. The zero-order valence-corrected chi connectivity index (χ0v) is 17.8. The largest absolute Gasteiger partial charge is 0.350 e. The van der Waals surface area contributed by atoms with Gasteiger partial charge in [0.1, 0.15) is 11.5 Å². The number of benzene rings is 1. The van der Waals surface area contributed by atoms with Crippen LogP contribution in [0.3, 0.4) is 0 Å². The van der Waals surface area contributed by atoms with E-state index in [1.54, 1.807) is 4.57 Å². The monoisotopic (exact) mass is 465 g/mol. The Morgan fingerprint density at radius 1 is 1.13 bits per heavy atom. The van der Waals surface area contributed by atoms with Gasteiger partial charge in [0.15, 0.2) is 0 Å². The molecule has 0 saturated heterocycles. The third-order valence-corrected chi connectivity index (χ3v) is 5.77. The van der Waals surface area contributed by atoms with Crippen molar-refractivity contribution in [2.75, 3.05) is 0 Å². The first-order valence-corrected chi connectivity index (χ1v) is 10.8. The van der Waals surface area contributed by atoms with Crippen molar-refractivity contribution >= 4 is 38.4 Å². The molecule has 1 fully saturated rings. The van der Waals surface area contributed by atoms with Crippen LogP contribution < -0.4 is 10.9 Å². The molecule has 30 heavy (non-hydrogen) atoms. The molecule has 0 spiro atoms. The number of carbonyl (C=O) groups excluding carboxylic acids is 1. The second kappa shape index (κ2) is 7.68. The van der Waals surface area contributed by atoms with Crippen molar-refractivity contribution in [2.24, 2.45) is 0 Å². The van der Waals surface area contributed by atoms with Crippen molar-refractivity contribution < 1.29 is 4.79 Å². The van der Waals surface area contributed by atoms with Crippen molar-refractivity contribution in [1.29, 1.82) is 0 Å². The Morgan fingerprint density at radius 2 is 1.97 bits per heavy atom. The number of hydrogen-bond donors (Lipinski definition) is 1. The molecule has 152 valence electrons. The van der Waals surface area contributed by atoms with Crippen LogP contribution in [-0.2, 0) is 17.8 Å².